The van der Waals surface area contributed by atoms with E-state index in [1.54, 1.807) is 6.07 Å². The maximum absolute atomic E-state index is 11.3. The van der Waals surface area contributed by atoms with Crippen LogP contribution in [0.2, 0.25) is 0 Å². The summed E-state index contributed by atoms with van der Waals surface area (Å²) in [4.78, 5) is 4.29. The van der Waals surface area contributed by atoms with Gasteiger partial charge in [-0.1, -0.05) is 0 Å². The van der Waals surface area contributed by atoms with E-state index in [0.29, 0.717) is 11.5 Å². The summed E-state index contributed by atoms with van der Waals surface area (Å²) in [5, 5.41) is 3.98. The third-order valence-electron chi connectivity index (χ3n) is 2.28. The lowest BCUT2D eigenvalue weighted by molar-refractivity contribution is 0.602. The van der Waals surface area contributed by atoms with Crippen LogP contribution in [-0.4, -0.2) is 29.4 Å². The van der Waals surface area contributed by atoms with Gasteiger partial charge in [0.1, 0.15) is 4.90 Å². The lowest BCUT2D eigenvalue weighted by Gasteiger charge is -2.04. The Balaban J connectivity index is 2.51. The van der Waals surface area contributed by atoms with Gasteiger partial charge in [0.2, 0.25) is 0 Å². The fourth-order valence-corrected chi connectivity index (χ4v) is 1.97. The number of aromatic nitrogens is 3. The first-order valence-corrected chi connectivity index (χ1v) is 6.74. The summed E-state index contributed by atoms with van der Waals surface area (Å²) in [5.74, 6) is 0.564. The molecule has 0 saturated heterocycles. The van der Waals surface area contributed by atoms with E-state index in [0.717, 1.165) is 11.8 Å². The van der Waals surface area contributed by atoms with Crippen LogP contribution in [-0.2, 0) is 9.84 Å². The summed E-state index contributed by atoms with van der Waals surface area (Å²) < 4.78 is 24.1. The van der Waals surface area contributed by atoms with Gasteiger partial charge in [0.05, 0.1) is 24.3 Å². The maximum atomic E-state index is 11.3. The summed E-state index contributed by atoms with van der Waals surface area (Å²) in [6.07, 6.45) is 5.37. The molecule has 0 amide bonds. The van der Waals surface area contributed by atoms with Gasteiger partial charge >= 0.3 is 0 Å². The van der Waals surface area contributed by atoms with Crippen LogP contribution in [0.15, 0.2) is 29.6 Å². The SMILES string of the molecule is Cc1cc(N)cnc1-n1cc(S(C)(=O)=O)cn1. The molecule has 0 aliphatic rings. The summed E-state index contributed by atoms with van der Waals surface area (Å²) in [5.41, 5.74) is 6.98. The number of rotatable bonds is 2. The topological polar surface area (TPSA) is 90.9 Å². The number of hydrogen-bond donors (Lipinski definition) is 1. The molecule has 0 aliphatic heterocycles. The Kier molecular flexibility index (Phi) is 2.62. The van der Waals surface area contributed by atoms with Crippen molar-refractivity contribution in [2.24, 2.45) is 0 Å². The predicted molar refractivity (Wildman–Crippen MR) is 63.6 cm³/mol. The standard InChI is InChI=1S/C10H12N4O2S/c1-7-3-8(11)4-12-10(7)14-6-9(5-13-14)17(2,15)16/h3-6H,11H2,1-2H3. The van der Waals surface area contributed by atoms with Crippen molar-refractivity contribution in [2.75, 3.05) is 12.0 Å². The number of nitrogen functional groups attached to an aromatic ring is 1. The van der Waals surface area contributed by atoms with E-state index >= 15 is 0 Å². The largest absolute Gasteiger partial charge is 0.397 e. The number of pyridine rings is 1. The van der Waals surface area contributed by atoms with Crippen LogP contribution in [0.4, 0.5) is 5.69 Å². The highest BCUT2D eigenvalue weighted by Gasteiger charge is 2.12. The molecule has 0 fully saturated rings. The van der Waals surface area contributed by atoms with E-state index in [9.17, 15) is 8.42 Å². The van der Waals surface area contributed by atoms with E-state index in [-0.39, 0.29) is 4.90 Å². The second-order valence-corrected chi connectivity index (χ2v) is 5.82. The van der Waals surface area contributed by atoms with Gasteiger partial charge in [0, 0.05) is 6.26 Å². The quantitative estimate of drug-likeness (QED) is 0.843. The maximum Gasteiger partial charge on any atom is 0.178 e. The van der Waals surface area contributed by atoms with Crippen molar-refractivity contribution in [3.05, 3.63) is 30.2 Å². The van der Waals surface area contributed by atoms with Crippen molar-refractivity contribution in [3.63, 3.8) is 0 Å². The molecule has 0 unspecified atom stereocenters. The second kappa shape index (κ2) is 3.85. The highest BCUT2D eigenvalue weighted by Crippen LogP contribution is 2.15. The zero-order chi connectivity index (χ0) is 12.6. The molecule has 2 aromatic heterocycles. The van der Waals surface area contributed by atoms with Crippen molar-refractivity contribution in [1.29, 1.82) is 0 Å². The van der Waals surface area contributed by atoms with Gasteiger partial charge in [0.15, 0.2) is 15.7 Å². The predicted octanol–water partition coefficient (Wildman–Crippen LogP) is 0.561. The number of anilines is 1. The number of nitrogens with two attached hydrogens (primary N) is 1. The normalized spacial score (nSPS) is 11.6. The van der Waals surface area contributed by atoms with Gasteiger partial charge in [-0.25, -0.2) is 18.1 Å². The lowest BCUT2D eigenvalue weighted by Crippen LogP contribution is -2.02. The minimum Gasteiger partial charge on any atom is -0.397 e. The number of aryl methyl sites for hydroxylation is 1. The Hall–Kier alpha value is -1.89. The van der Waals surface area contributed by atoms with Crippen molar-refractivity contribution in [2.45, 2.75) is 11.8 Å². The van der Waals surface area contributed by atoms with Crippen LogP contribution in [0, 0.1) is 6.92 Å². The minimum atomic E-state index is -3.25. The molecule has 0 bridgehead atoms. The molecule has 17 heavy (non-hydrogen) atoms. The fourth-order valence-electron chi connectivity index (χ4n) is 1.44. The van der Waals surface area contributed by atoms with Crippen LogP contribution in [0.25, 0.3) is 5.82 Å². The smallest absolute Gasteiger partial charge is 0.178 e. The Labute approximate surface area is 99.0 Å². The van der Waals surface area contributed by atoms with Crippen molar-refractivity contribution in [1.82, 2.24) is 14.8 Å². The van der Waals surface area contributed by atoms with Crippen LogP contribution < -0.4 is 5.73 Å². The van der Waals surface area contributed by atoms with E-state index in [2.05, 4.69) is 10.1 Å². The third kappa shape index (κ3) is 2.28. The van der Waals surface area contributed by atoms with Crippen molar-refractivity contribution >= 4 is 15.5 Å². The molecule has 0 spiro atoms. The molecule has 2 heterocycles. The Morgan fingerprint density at radius 2 is 2.06 bits per heavy atom. The molecule has 0 aromatic carbocycles. The third-order valence-corrected chi connectivity index (χ3v) is 3.34. The Morgan fingerprint density at radius 3 is 2.59 bits per heavy atom. The number of sulfone groups is 1. The first kappa shape index (κ1) is 11.6. The summed E-state index contributed by atoms with van der Waals surface area (Å²) >= 11 is 0. The average molecular weight is 252 g/mol. The molecule has 2 aromatic rings. The second-order valence-electron chi connectivity index (χ2n) is 3.80. The monoisotopic (exact) mass is 252 g/mol. The Morgan fingerprint density at radius 1 is 1.35 bits per heavy atom. The van der Waals surface area contributed by atoms with E-state index in [4.69, 9.17) is 5.73 Å². The van der Waals surface area contributed by atoms with Crippen molar-refractivity contribution < 1.29 is 8.42 Å². The molecule has 0 radical (unpaired) electrons. The first-order valence-electron chi connectivity index (χ1n) is 4.85. The lowest BCUT2D eigenvalue weighted by atomic mass is 10.3. The number of nitrogens with zero attached hydrogens (tertiary/aromatic N) is 3. The molecule has 0 atom stereocenters. The van der Waals surface area contributed by atoms with Crippen LogP contribution in [0.5, 0.6) is 0 Å². The molecule has 2 N–H and O–H groups in total. The van der Waals surface area contributed by atoms with Crippen LogP contribution in [0.1, 0.15) is 5.56 Å². The van der Waals surface area contributed by atoms with E-state index < -0.39 is 9.84 Å². The number of hydrogen-bond acceptors (Lipinski definition) is 5. The Bertz CT molecular complexity index is 661. The zero-order valence-corrected chi connectivity index (χ0v) is 10.3. The molecule has 90 valence electrons. The van der Waals surface area contributed by atoms with Gasteiger partial charge < -0.3 is 5.73 Å². The fraction of sp³-hybridized carbons (Fsp3) is 0.200. The summed E-state index contributed by atoms with van der Waals surface area (Å²) in [6, 6.07) is 1.75. The van der Waals surface area contributed by atoms with Gasteiger partial charge in [0.25, 0.3) is 0 Å². The molecule has 2 rings (SSSR count). The zero-order valence-electron chi connectivity index (χ0n) is 9.45. The molecule has 7 heteroatoms. The van der Waals surface area contributed by atoms with E-state index in [1.807, 2.05) is 6.92 Å². The van der Waals surface area contributed by atoms with E-state index in [1.165, 1.54) is 23.3 Å². The first-order chi connectivity index (χ1) is 7.88. The summed E-state index contributed by atoms with van der Waals surface area (Å²) in [6.45, 7) is 1.83. The van der Waals surface area contributed by atoms with Gasteiger partial charge in [-0.05, 0) is 18.6 Å². The minimum absolute atomic E-state index is 0.163. The van der Waals surface area contributed by atoms with Crippen LogP contribution >= 0.6 is 0 Å². The van der Waals surface area contributed by atoms with Gasteiger partial charge in [-0.15, -0.1) is 0 Å². The molecule has 6 nitrogen and oxygen atoms in total. The highest BCUT2D eigenvalue weighted by atomic mass is 32.2. The van der Waals surface area contributed by atoms with Crippen LogP contribution in [0.3, 0.4) is 0 Å². The molecular weight excluding hydrogens is 240 g/mol. The molecule has 0 saturated carbocycles. The van der Waals surface area contributed by atoms with Gasteiger partial charge in [-0.2, -0.15) is 5.10 Å². The summed E-state index contributed by atoms with van der Waals surface area (Å²) in [7, 11) is -3.25. The average Bonchev–Trinajstić information content (AvgIpc) is 2.65. The molecule has 0 aliphatic carbocycles. The molecular formula is C10H12N4O2S. The highest BCUT2D eigenvalue weighted by molar-refractivity contribution is 7.90. The van der Waals surface area contributed by atoms with Crippen molar-refractivity contribution in [3.8, 4) is 5.82 Å². The van der Waals surface area contributed by atoms with Gasteiger partial charge in [-0.3, -0.25) is 0 Å².